The van der Waals surface area contributed by atoms with Crippen molar-refractivity contribution in [2.24, 2.45) is 29.1 Å². The fourth-order valence-corrected chi connectivity index (χ4v) is 7.50. The molecule has 0 fully saturated rings. The molecule has 0 aromatic carbocycles. The molecule has 0 saturated carbocycles. The predicted octanol–water partition coefficient (Wildman–Crippen LogP) is 10.4. The van der Waals surface area contributed by atoms with Gasteiger partial charge in [0.25, 0.3) is 0 Å². The van der Waals surface area contributed by atoms with Crippen molar-refractivity contribution in [2.75, 3.05) is 19.8 Å². The molecule has 0 aromatic rings. The van der Waals surface area contributed by atoms with Crippen molar-refractivity contribution in [3.63, 3.8) is 0 Å². The van der Waals surface area contributed by atoms with Gasteiger partial charge >= 0.3 is 5.97 Å². The van der Waals surface area contributed by atoms with E-state index in [9.17, 15) is 24.6 Å². The summed E-state index contributed by atoms with van der Waals surface area (Å²) < 4.78 is 11.8. The minimum Gasteiger partial charge on any atom is -0.461 e. The molecule has 8 nitrogen and oxygen atoms in total. The van der Waals surface area contributed by atoms with E-state index in [-0.39, 0.29) is 54.4 Å². The Bertz CT molecular complexity index is 1400. The number of esters is 1. The fraction of sp³-hybridized carbons (Fsp3) is 0.660. The number of unbranched alkanes of at least 4 members (excludes halogenated alkanes) is 1. The number of carbonyl (C=O) groups excluding carboxylic acids is 3. The summed E-state index contributed by atoms with van der Waals surface area (Å²) >= 11 is 0. The number of aliphatic hydroxyl groups is 2. The summed E-state index contributed by atoms with van der Waals surface area (Å²) in [6.07, 6.45) is 37.7. The Hall–Kier alpha value is -3.33. The van der Waals surface area contributed by atoms with Crippen LogP contribution in [0.4, 0.5) is 0 Å². The Balaban J connectivity index is 1.53. The Morgan fingerprint density at radius 2 is 1.48 bits per heavy atom. The van der Waals surface area contributed by atoms with Crippen molar-refractivity contribution in [1.82, 2.24) is 5.32 Å². The number of fused-ring (bicyclic) bond motifs is 1. The first kappa shape index (κ1) is 50.8. The molecule has 2 aliphatic carbocycles. The largest absolute Gasteiger partial charge is 0.461 e. The smallest absolute Gasteiger partial charge is 0.311 e. The lowest BCUT2D eigenvalue weighted by atomic mass is 9.65. The molecule has 0 aromatic heterocycles. The van der Waals surface area contributed by atoms with Crippen LogP contribution in [0.25, 0.3) is 0 Å². The van der Waals surface area contributed by atoms with Crippen LogP contribution in [0, 0.1) is 29.1 Å². The average molecular weight is 806 g/mol. The molecule has 0 heterocycles. The Kier molecular flexibility index (Phi) is 26.1. The maximum Gasteiger partial charge on any atom is 0.311 e. The van der Waals surface area contributed by atoms with E-state index in [0.29, 0.717) is 57.8 Å². The van der Waals surface area contributed by atoms with Crippen molar-refractivity contribution >= 4 is 17.7 Å². The second-order valence-corrected chi connectivity index (χ2v) is 17.0. The highest BCUT2D eigenvalue weighted by Crippen LogP contribution is 2.45. The molecule has 2 unspecified atom stereocenters. The molecule has 7 atom stereocenters. The number of nitrogens with one attached hydrogen (secondary N) is 1. The van der Waals surface area contributed by atoms with Crippen LogP contribution in [-0.2, 0) is 23.9 Å². The molecule has 3 N–H and O–H groups in total. The van der Waals surface area contributed by atoms with Gasteiger partial charge in [-0.2, -0.15) is 0 Å². The molecule has 0 saturated heterocycles. The lowest BCUT2D eigenvalue weighted by molar-refractivity contribution is -0.164. The SMILES string of the molecule is CC/C=C\C/C=C\C/C=C\C/C=C\C/C=C\CCCC(=O)CCCOCCNC(=O)C[C@H](O)C[C@@H](O)CC[C@@H]1C2C(=C[C@H](C)CC2OC(=O)C(C)(C)CC)C=C[C@@H]1C. The van der Waals surface area contributed by atoms with E-state index >= 15 is 0 Å². The van der Waals surface area contributed by atoms with Crippen molar-refractivity contribution in [3.8, 4) is 0 Å². The molecule has 8 heteroatoms. The van der Waals surface area contributed by atoms with Gasteiger partial charge in [0.05, 0.1) is 30.7 Å². The van der Waals surface area contributed by atoms with Crippen LogP contribution in [0.15, 0.2) is 84.6 Å². The Labute approximate surface area is 352 Å². The summed E-state index contributed by atoms with van der Waals surface area (Å²) in [6, 6.07) is 0. The summed E-state index contributed by atoms with van der Waals surface area (Å²) in [7, 11) is 0. The third kappa shape index (κ3) is 21.6. The van der Waals surface area contributed by atoms with E-state index in [2.05, 4.69) is 105 Å². The number of hydrogen-bond donors (Lipinski definition) is 3. The molecule has 2 rings (SSSR count). The van der Waals surface area contributed by atoms with Crippen LogP contribution < -0.4 is 5.32 Å². The molecule has 58 heavy (non-hydrogen) atoms. The second kappa shape index (κ2) is 29.8. The summed E-state index contributed by atoms with van der Waals surface area (Å²) in [4.78, 5) is 37.7. The molecule has 2 aliphatic rings. The van der Waals surface area contributed by atoms with Gasteiger partial charge < -0.3 is 25.0 Å². The van der Waals surface area contributed by atoms with E-state index in [1.165, 1.54) is 5.57 Å². The summed E-state index contributed by atoms with van der Waals surface area (Å²) in [5.74, 6) is 0.633. The lowest BCUT2D eigenvalue weighted by Gasteiger charge is -2.44. The highest BCUT2D eigenvalue weighted by Gasteiger charge is 2.43. The highest BCUT2D eigenvalue weighted by molar-refractivity contribution is 5.78. The zero-order valence-electron chi connectivity index (χ0n) is 36.9. The number of amides is 1. The number of ketones is 1. The van der Waals surface area contributed by atoms with E-state index in [4.69, 9.17) is 9.47 Å². The van der Waals surface area contributed by atoms with Gasteiger partial charge in [-0.05, 0) is 121 Å². The van der Waals surface area contributed by atoms with E-state index in [0.717, 1.165) is 57.8 Å². The average Bonchev–Trinajstić information content (AvgIpc) is 3.18. The summed E-state index contributed by atoms with van der Waals surface area (Å²) in [5, 5.41) is 24.2. The van der Waals surface area contributed by atoms with Crippen LogP contribution in [0.1, 0.15) is 144 Å². The molecular formula is C50H79NO7. The second-order valence-electron chi connectivity index (χ2n) is 17.0. The first-order valence-corrected chi connectivity index (χ1v) is 22.5. The predicted molar refractivity (Wildman–Crippen MR) is 238 cm³/mol. The van der Waals surface area contributed by atoms with Gasteiger partial charge in [-0.3, -0.25) is 14.4 Å². The molecule has 0 radical (unpaired) electrons. The van der Waals surface area contributed by atoms with Gasteiger partial charge in [0.15, 0.2) is 0 Å². The molecule has 1 amide bonds. The van der Waals surface area contributed by atoms with Crippen molar-refractivity contribution in [3.05, 3.63) is 84.6 Å². The maximum atomic E-state index is 13.1. The number of aliphatic hydroxyl groups excluding tert-OH is 2. The molecular weight excluding hydrogens is 727 g/mol. The fourth-order valence-electron chi connectivity index (χ4n) is 7.50. The van der Waals surface area contributed by atoms with Crippen LogP contribution in [0.2, 0.25) is 0 Å². The molecule has 0 aliphatic heterocycles. The Morgan fingerprint density at radius 3 is 2.12 bits per heavy atom. The normalized spacial score (nSPS) is 22.3. The maximum absolute atomic E-state index is 13.1. The van der Waals surface area contributed by atoms with Crippen LogP contribution in [0.3, 0.4) is 0 Å². The number of carbonyl (C=O) groups is 3. The third-order valence-electron chi connectivity index (χ3n) is 11.4. The van der Waals surface area contributed by atoms with Gasteiger partial charge in [-0.1, -0.05) is 107 Å². The molecule has 0 bridgehead atoms. The number of ether oxygens (including phenoxy) is 2. The number of allylic oxidation sites excluding steroid dienone is 13. The minimum absolute atomic E-state index is 0.0733. The van der Waals surface area contributed by atoms with Gasteiger partial charge in [-0.15, -0.1) is 0 Å². The molecule has 326 valence electrons. The van der Waals surface area contributed by atoms with Crippen LogP contribution >= 0.6 is 0 Å². The number of Topliss-reactive ketones (excluding diaryl/α,β-unsaturated/α-hetero) is 1. The highest BCUT2D eigenvalue weighted by atomic mass is 16.5. The van der Waals surface area contributed by atoms with E-state index < -0.39 is 17.6 Å². The van der Waals surface area contributed by atoms with Gasteiger partial charge in [0, 0.05) is 31.9 Å². The minimum atomic E-state index is -0.956. The zero-order valence-corrected chi connectivity index (χ0v) is 36.9. The van der Waals surface area contributed by atoms with Crippen LogP contribution in [-0.4, -0.2) is 65.9 Å². The summed E-state index contributed by atoms with van der Waals surface area (Å²) in [6.45, 7) is 13.5. The quantitative estimate of drug-likeness (QED) is 0.0375. The molecule has 0 spiro atoms. The third-order valence-corrected chi connectivity index (χ3v) is 11.4. The number of hydrogen-bond acceptors (Lipinski definition) is 7. The van der Waals surface area contributed by atoms with Crippen molar-refractivity contribution in [2.45, 2.75) is 163 Å². The monoisotopic (exact) mass is 806 g/mol. The van der Waals surface area contributed by atoms with Crippen molar-refractivity contribution < 1.29 is 34.1 Å². The first-order valence-electron chi connectivity index (χ1n) is 22.5. The summed E-state index contributed by atoms with van der Waals surface area (Å²) in [5.41, 5.74) is 0.670. The lowest BCUT2D eigenvalue weighted by Crippen LogP contribution is -2.43. The zero-order chi connectivity index (χ0) is 42.6. The van der Waals surface area contributed by atoms with E-state index in [1.54, 1.807) is 0 Å². The van der Waals surface area contributed by atoms with Crippen molar-refractivity contribution in [1.29, 1.82) is 0 Å². The van der Waals surface area contributed by atoms with E-state index in [1.807, 2.05) is 20.8 Å². The van der Waals surface area contributed by atoms with Gasteiger partial charge in [0.2, 0.25) is 5.91 Å². The van der Waals surface area contributed by atoms with Crippen LogP contribution in [0.5, 0.6) is 0 Å². The first-order chi connectivity index (χ1) is 27.9. The number of rotatable bonds is 30. The van der Waals surface area contributed by atoms with Gasteiger partial charge in [0.1, 0.15) is 11.9 Å². The van der Waals surface area contributed by atoms with Gasteiger partial charge in [-0.25, -0.2) is 0 Å². The Morgan fingerprint density at radius 1 is 0.862 bits per heavy atom. The standard InChI is InChI=1S/C50H79NO7/c1-7-9-10-11-12-13-14-15-16-17-18-19-20-21-22-23-24-26-42(52)27-25-33-57-34-32-51-47(55)38-44(54)37-43(53)30-31-45-40(4)28-29-41-35-39(3)36-46(48(41)45)58-49(56)50(5,6)8-2/h9-10,12-13,15-16,18-19,21-22,28-29,35,39-40,43-46,48,53-54H,7-8,11,14,17,20,23-27,30-34,36-38H2,1-6H3,(H,51,55)/b10-9-,13-12-,16-15-,19-18-,22-21-/t39-,40-,43-,44+,45-,46?,48?/m0/s1. The topological polar surface area (TPSA) is 122 Å².